The molecule has 2 nitrogen and oxygen atoms in total. The molecule has 0 saturated heterocycles. The molecule has 0 atom stereocenters. The topological polar surface area (TPSA) is 25.8 Å². The van der Waals surface area contributed by atoms with E-state index in [0.717, 1.165) is 20.5 Å². The van der Waals surface area contributed by atoms with Crippen molar-refractivity contribution in [2.75, 3.05) is 0 Å². The Labute approximate surface area is 141 Å². The fraction of sp³-hybridized carbons (Fsp3) is 0.0667. The van der Waals surface area contributed by atoms with Gasteiger partial charge in [-0.15, -0.1) is 10.2 Å². The smallest absolute Gasteiger partial charge is 0.137 e. The van der Waals surface area contributed by atoms with E-state index in [1.54, 1.807) is 23.1 Å². The summed E-state index contributed by atoms with van der Waals surface area (Å²) in [6, 6.07) is 15.6. The van der Waals surface area contributed by atoms with E-state index in [4.69, 9.17) is 23.2 Å². The van der Waals surface area contributed by atoms with E-state index < -0.39 is 0 Å². The number of thioether (sulfide) groups is 1. The minimum Gasteiger partial charge on any atom is -0.137 e. The minimum absolute atomic E-state index is 0.682. The molecule has 0 amide bonds. The maximum Gasteiger partial charge on any atom is 0.174 e. The van der Waals surface area contributed by atoms with Gasteiger partial charge in [-0.2, -0.15) is 0 Å². The van der Waals surface area contributed by atoms with Gasteiger partial charge in [-0.1, -0.05) is 82.7 Å². The van der Waals surface area contributed by atoms with Crippen LogP contribution in [0.2, 0.25) is 10.0 Å². The monoisotopic (exact) mass is 352 g/mol. The highest BCUT2D eigenvalue weighted by Gasteiger charge is 2.10. The van der Waals surface area contributed by atoms with Crippen molar-refractivity contribution < 1.29 is 0 Å². The van der Waals surface area contributed by atoms with Crippen molar-refractivity contribution in [1.82, 2.24) is 10.2 Å². The third-order valence-corrected chi connectivity index (χ3v) is 5.67. The van der Waals surface area contributed by atoms with Crippen LogP contribution in [0.15, 0.2) is 52.9 Å². The molecule has 1 heterocycles. The zero-order chi connectivity index (χ0) is 14.7. The highest BCUT2D eigenvalue weighted by atomic mass is 35.5. The molecule has 0 radical (unpaired) electrons. The Bertz CT molecular complexity index is 724. The lowest BCUT2D eigenvalue weighted by molar-refractivity contribution is 1.01. The van der Waals surface area contributed by atoms with E-state index in [0.29, 0.717) is 15.8 Å². The van der Waals surface area contributed by atoms with E-state index >= 15 is 0 Å². The Hall–Kier alpha value is -1.07. The van der Waals surface area contributed by atoms with Gasteiger partial charge in [0.1, 0.15) is 5.01 Å². The Morgan fingerprint density at radius 2 is 1.62 bits per heavy atom. The first-order valence-corrected chi connectivity index (χ1v) is 8.74. The molecule has 0 aliphatic heterocycles. The van der Waals surface area contributed by atoms with E-state index in [9.17, 15) is 0 Å². The summed E-state index contributed by atoms with van der Waals surface area (Å²) >= 11 is 15.5. The summed E-state index contributed by atoms with van der Waals surface area (Å²) in [5.41, 5.74) is 2.01. The van der Waals surface area contributed by atoms with Gasteiger partial charge < -0.3 is 0 Å². The van der Waals surface area contributed by atoms with E-state index in [1.807, 2.05) is 48.5 Å². The van der Waals surface area contributed by atoms with Crippen LogP contribution in [0.25, 0.3) is 10.6 Å². The lowest BCUT2D eigenvalue weighted by Crippen LogP contribution is -1.84. The summed E-state index contributed by atoms with van der Waals surface area (Å²) in [5.74, 6) is 0.682. The molecular weight excluding hydrogens is 343 g/mol. The summed E-state index contributed by atoms with van der Waals surface area (Å²) < 4.78 is 0.907. The van der Waals surface area contributed by atoms with Gasteiger partial charge in [0.25, 0.3) is 0 Å². The van der Waals surface area contributed by atoms with Gasteiger partial charge in [0, 0.05) is 21.4 Å². The van der Waals surface area contributed by atoms with Crippen molar-refractivity contribution in [3.63, 3.8) is 0 Å². The summed E-state index contributed by atoms with van der Waals surface area (Å²) in [6.45, 7) is 0. The van der Waals surface area contributed by atoms with Crippen LogP contribution in [-0.4, -0.2) is 10.2 Å². The predicted octanol–water partition coefficient (Wildman–Crippen LogP) is 5.80. The molecule has 6 heteroatoms. The molecule has 0 spiro atoms. The summed E-state index contributed by atoms with van der Waals surface area (Å²) in [6.07, 6.45) is 0. The first kappa shape index (κ1) is 14.9. The van der Waals surface area contributed by atoms with E-state index in [2.05, 4.69) is 10.2 Å². The highest BCUT2D eigenvalue weighted by molar-refractivity contribution is 8.00. The second kappa shape index (κ2) is 6.79. The maximum absolute atomic E-state index is 6.17. The summed E-state index contributed by atoms with van der Waals surface area (Å²) in [5, 5.41) is 10.7. The van der Waals surface area contributed by atoms with Crippen LogP contribution in [-0.2, 0) is 5.75 Å². The molecule has 3 aromatic rings. The fourth-order valence-corrected chi connectivity index (χ4v) is 4.37. The van der Waals surface area contributed by atoms with Crippen LogP contribution in [0.4, 0.5) is 0 Å². The Morgan fingerprint density at radius 1 is 0.905 bits per heavy atom. The summed E-state index contributed by atoms with van der Waals surface area (Å²) in [7, 11) is 0. The number of rotatable bonds is 4. The third-order valence-electron chi connectivity index (χ3n) is 2.83. The van der Waals surface area contributed by atoms with Crippen LogP contribution in [0.1, 0.15) is 5.56 Å². The lowest BCUT2D eigenvalue weighted by atomic mass is 10.2. The molecule has 1 aromatic heterocycles. The molecule has 106 valence electrons. The number of hydrogen-bond donors (Lipinski definition) is 0. The van der Waals surface area contributed by atoms with Crippen molar-refractivity contribution in [2.45, 2.75) is 10.1 Å². The van der Waals surface area contributed by atoms with Crippen LogP contribution in [0.3, 0.4) is 0 Å². The van der Waals surface area contributed by atoms with Gasteiger partial charge in [0.15, 0.2) is 4.34 Å². The van der Waals surface area contributed by atoms with Gasteiger partial charge in [-0.3, -0.25) is 0 Å². The zero-order valence-corrected chi connectivity index (χ0v) is 13.9. The van der Waals surface area contributed by atoms with Crippen molar-refractivity contribution in [1.29, 1.82) is 0 Å². The molecule has 0 fully saturated rings. The Balaban J connectivity index is 1.74. The first-order valence-electron chi connectivity index (χ1n) is 6.18. The van der Waals surface area contributed by atoms with Crippen molar-refractivity contribution in [3.05, 3.63) is 64.1 Å². The fourth-order valence-electron chi connectivity index (χ4n) is 1.77. The van der Waals surface area contributed by atoms with Crippen molar-refractivity contribution in [3.8, 4) is 10.6 Å². The second-order valence-electron chi connectivity index (χ2n) is 4.23. The highest BCUT2D eigenvalue weighted by Crippen LogP contribution is 2.34. The van der Waals surface area contributed by atoms with Crippen LogP contribution < -0.4 is 0 Å². The molecule has 0 aliphatic carbocycles. The predicted molar refractivity (Wildman–Crippen MR) is 91.4 cm³/mol. The lowest BCUT2D eigenvalue weighted by Gasteiger charge is -2.04. The molecule has 2 aromatic carbocycles. The number of halogens is 2. The van der Waals surface area contributed by atoms with Gasteiger partial charge in [-0.25, -0.2) is 0 Å². The van der Waals surface area contributed by atoms with Crippen LogP contribution in [0.5, 0.6) is 0 Å². The van der Waals surface area contributed by atoms with E-state index in [-0.39, 0.29) is 0 Å². The van der Waals surface area contributed by atoms with Crippen molar-refractivity contribution >= 4 is 46.3 Å². The molecule has 21 heavy (non-hydrogen) atoms. The molecule has 0 aliphatic rings. The Kier molecular flexibility index (Phi) is 4.80. The van der Waals surface area contributed by atoms with E-state index in [1.165, 1.54) is 0 Å². The first-order chi connectivity index (χ1) is 10.2. The zero-order valence-electron chi connectivity index (χ0n) is 10.8. The average molecular weight is 353 g/mol. The standard InChI is InChI=1S/C15H10Cl2N2S2/c16-12-7-4-8-13(17)11(12)9-20-15-19-18-14(21-15)10-5-2-1-3-6-10/h1-8H,9H2. The number of hydrogen-bond acceptors (Lipinski definition) is 4. The number of aromatic nitrogens is 2. The van der Waals surface area contributed by atoms with Gasteiger partial charge in [-0.05, 0) is 17.7 Å². The van der Waals surface area contributed by atoms with Gasteiger partial charge in [0.2, 0.25) is 0 Å². The normalized spacial score (nSPS) is 10.8. The molecule has 0 bridgehead atoms. The van der Waals surface area contributed by atoms with Crippen LogP contribution >= 0.6 is 46.3 Å². The van der Waals surface area contributed by atoms with Gasteiger partial charge in [0.05, 0.1) is 0 Å². The Morgan fingerprint density at radius 3 is 2.33 bits per heavy atom. The minimum atomic E-state index is 0.682. The quantitative estimate of drug-likeness (QED) is 0.554. The summed E-state index contributed by atoms with van der Waals surface area (Å²) in [4.78, 5) is 0. The largest absolute Gasteiger partial charge is 0.174 e. The molecule has 0 saturated carbocycles. The average Bonchev–Trinajstić information content (AvgIpc) is 2.97. The molecular formula is C15H10Cl2N2S2. The number of nitrogens with zero attached hydrogens (tertiary/aromatic N) is 2. The molecule has 3 rings (SSSR count). The molecule has 0 unspecified atom stereocenters. The third kappa shape index (κ3) is 3.58. The molecule has 0 N–H and O–H groups in total. The van der Waals surface area contributed by atoms with Crippen LogP contribution in [0, 0.1) is 0 Å². The second-order valence-corrected chi connectivity index (χ2v) is 7.24. The number of benzene rings is 2. The van der Waals surface area contributed by atoms with Crippen molar-refractivity contribution in [2.24, 2.45) is 0 Å². The van der Waals surface area contributed by atoms with Gasteiger partial charge >= 0.3 is 0 Å². The SMILES string of the molecule is Clc1cccc(Cl)c1CSc1nnc(-c2ccccc2)s1. The maximum atomic E-state index is 6.17.